The Hall–Kier alpha value is -4.23. The molecular formula is C28H25ClN4O3. The Morgan fingerprint density at radius 1 is 0.889 bits per heavy atom. The molecule has 0 fully saturated rings. The normalized spacial score (nSPS) is 12.4. The lowest BCUT2D eigenvalue weighted by atomic mass is 10.0. The summed E-state index contributed by atoms with van der Waals surface area (Å²) < 4.78 is 0. The van der Waals surface area contributed by atoms with Gasteiger partial charge in [-0.1, -0.05) is 60.1 Å². The number of carbonyl (C=O) groups excluding carboxylic acids is 3. The van der Waals surface area contributed by atoms with E-state index in [1.54, 1.807) is 42.6 Å². The van der Waals surface area contributed by atoms with Crippen LogP contribution in [0.2, 0.25) is 5.02 Å². The third-order valence-corrected chi connectivity index (χ3v) is 5.97. The number of hydrogen-bond donors (Lipinski definition) is 3. The Balaban J connectivity index is 1.55. The van der Waals surface area contributed by atoms with Crippen LogP contribution in [0.4, 0.5) is 5.69 Å². The Morgan fingerprint density at radius 2 is 1.64 bits per heavy atom. The van der Waals surface area contributed by atoms with Crippen molar-refractivity contribution in [3.63, 3.8) is 0 Å². The molecule has 7 nitrogen and oxygen atoms in total. The lowest BCUT2D eigenvalue weighted by Crippen LogP contribution is -2.65. The van der Waals surface area contributed by atoms with E-state index in [-0.39, 0.29) is 6.42 Å². The van der Waals surface area contributed by atoms with E-state index in [4.69, 9.17) is 11.6 Å². The number of aryl methyl sites for hydroxylation is 1. The van der Waals surface area contributed by atoms with Crippen LogP contribution in [0.15, 0.2) is 91.3 Å². The number of nitrogens with zero attached hydrogens (tertiary/aromatic N) is 1. The van der Waals surface area contributed by atoms with E-state index >= 15 is 0 Å². The number of rotatable bonds is 8. The molecule has 0 bridgehead atoms. The number of halogens is 1. The molecule has 3 amide bonds. The maximum Gasteiger partial charge on any atom is 0.270 e. The molecule has 4 rings (SSSR count). The van der Waals surface area contributed by atoms with Gasteiger partial charge in [-0.2, -0.15) is 0 Å². The van der Waals surface area contributed by atoms with Gasteiger partial charge in [-0.3, -0.25) is 19.4 Å². The third-order valence-electron chi connectivity index (χ3n) is 5.71. The topological polar surface area (TPSA) is 100 Å². The molecule has 0 saturated carbocycles. The van der Waals surface area contributed by atoms with E-state index in [1.165, 1.54) is 13.1 Å². The molecule has 1 heterocycles. The highest BCUT2D eigenvalue weighted by molar-refractivity contribution is 6.30. The summed E-state index contributed by atoms with van der Waals surface area (Å²) in [7, 11) is 0. The summed E-state index contributed by atoms with van der Waals surface area (Å²) in [4.78, 5) is 43.6. The smallest absolute Gasteiger partial charge is 0.270 e. The largest absolute Gasteiger partial charge is 0.326 e. The second-order valence-corrected chi connectivity index (χ2v) is 8.91. The van der Waals surface area contributed by atoms with Crippen LogP contribution in [-0.2, 0) is 16.0 Å². The van der Waals surface area contributed by atoms with Crippen LogP contribution in [0.25, 0.3) is 10.8 Å². The molecule has 182 valence electrons. The molecule has 0 saturated heterocycles. The second kappa shape index (κ2) is 11.0. The summed E-state index contributed by atoms with van der Waals surface area (Å²) in [6, 6.07) is 23.3. The number of aromatic nitrogens is 1. The summed E-state index contributed by atoms with van der Waals surface area (Å²) in [5, 5.41) is 10.4. The molecule has 0 spiro atoms. The molecule has 4 aromatic rings. The van der Waals surface area contributed by atoms with E-state index in [0.29, 0.717) is 22.7 Å². The van der Waals surface area contributed by atoms with Crippen molar-refractivity contribution in [3.05, 3.63) is 107 Å². The molecule has 0 unspecified atom stereocenters. The van der Waals surface area contributed by atoms with Crippen molar-refractivity contribution >= 4 is 45.8 Å². The minimum absolute atomic E-state index is 0.113. The quantitative estimate of drug-likeness (QED) is 0.305. The zero-order chi connectivity index (χ0) is 25.5. The number of amides is 3. The van der Waals surface area contributed by atoms with E-state index in [1.807, 2.05) is 42.5 Å². The summed E-state index contributed by atoms with van der Waals surface area (Å²) in [5.74, 6) is -1.50. The van der Waals surface area contributed by atoms with E-state index in [0.717, 1.165) is 16.3 Å². The summed E-state index contributed by atoms with van der Waals surface area (Å²) in [6.07, 6.45) is 3.62. The fourth-order valence-electron chi connectivity index (χ4n) is 3.81. The lowest BCUT2D eigenvalue weighted by Gasteiger charge is -2.31. The fourth-order valence-corrected chi connectivity index (χ4v) is 3.93. The van der Waals surface area contributed by atoms with Gasteiger partial charge in [0.1, 0.15) is 0 Å². The Bertz CT molecular complexity index is 1390. The molecular weight excluding hydrogens is 476 g/mol. The summed E-state index contributed by atoms with van der Waals surface area (Å²) in [6.45, 7) is 1.46. The highest BCUT2D eigenvalue weighted by atomic mass is 35.5. The van der Waals surface area contributed by atoms with Crippen molar-refractivity contribution < 1.29 is 14.4 Å². The number of anilines is 1. The van der Waals surface area contributed by atoms with Gasteiger partial charge in [0.05, 0.1) is 11.9 Å². The first-order valence-electron chi connectivity index (χ1n) is 11.4. The van der Waals surface area contributed by atoms with Crippen molar-refractivity contribution in [2.75, 3.05) is 5.32 Å². The van der Waals surface area contributed by atoms with Crippen LogP contribution in [-0.4, -0.2) is 28.4 Å². The molecule has 36 heavy (non-hydrogen) atoms. The number of hydrogen-bond acceptors (Lipinski definition) is 4. The SMILES string of the molecule is C[C@](NC(=O)CCc1ccc(Cl)cc1)(NC(=O)c1cccc2ccccc12)C(=O)Nc1cccnc1. The zero-order valence-electron chi connectivity index (χ0n) is 19.6. The maximum absolute atomic E-state index is 13.4. The summed E-state index contributed by atoms with van der Waals surface area (Å²) in [5.41, 5.74) is 0.0179. The minimum atomic E-state index is -1.74. The van der Waals surface area contributed by atoms with Crippen molar-refractivity contribution in [1.29, 1.82) is 0 Å². The first kappa shape index (κ1) is 24.9. The van der Waals surface area contributed by atoms with Gasteiger partial charge in [0.2, 0.25) is 5.91 Å². The van der Waals surface area contributed by atoms with Gasteiger partial charge >= 0.3 is 0 Å². The molecule has 0 aliphatic rings. The minimum Gasteiger partial charge on any atom is -0.326 e. The molecule has 3 N–H and O–H groups in total. The highest BCUT2D eigenvalue weighted by Gasteiger charge is 2.37. The monoisotopic (exact) mass is 500 g/mol. The average molecular weight is 501 g/mol. The molecule has 1 aromatic heterocycles. The zero-order valence-corrected chi connectivity index (χ0v) is 20.4. The number of carbonyl (C=O) groups is 3. The fraction of sp³-hybridized carbons (Fsp3) is 0.143. The number of pyridine rings is 1. The van der Waals surface area contributed by atoms with Gasteiger partial charge in [0.25, 0.3) is 11.8 Å². The van der Waals surface area contributed by atoms with E-state index in [9.17, 15) is 14.4 Å². The summed E-state index contributed by atoms with van der Waals surface area (Å²) >= 11 is 5.93. The first-order chi connectivity index (χ1) is 17.3. The Morgan fingerprint density at radius 3 is 2.39 bits per heavy atom. The van der Waals surface area contributed by atoms with Crippen molar-refractivity contribution in [2.24, 2.45) is 0 Å². The van der Waals surface area contributed by atoms with Crippen molar-refractivity contribution in [3.8, 4) is 0 Å². The van der Waals surface area contributed by atoms with E-state index in [2.05, 4.69) is 20.9 Å². The van der Waals surface area contributed by atoms with Crippen LogP contribution >= 0.6 is 11.6 Å². The number of nitrogens with one attached hydrogen (secondary N) is 3. The van der Waals surface area contributed by atoms with Crippen LogP contribution in [0, 0.1) is 0 Å². The standard InChI is InChI=1S/C28H25ClN4O3/c1-28(27(36)31-22-8-5-17-30-18-22,32-25(34)16-13-19-11-14-21(29)15-12-19)33-26(35)24-10-4-7-20-6-2-3-9-23(20)24/h2-12,14-15,17-18H,13,16H2,1H3,(H,31,36)(H,32,34)(H,33,35)/t28-/m0/s1. The third kappa shape index (κ3) is 6.06. The molecule has 8 heteroatoms. The highest BCUT2D eigenvalue weighted by Crippen LogP contribution is 2.20. The van der Waals surface area contributed by atoms with Gasteiger partial charge in [-0.05, 0) is 60.0 Å². The van der Waals surface area contributed by atoms with Crippen LogP contribution < -0.4 is 16.0 Å². The van der Waals surface area contributed by atoms with Gasteiger partial charge in [-0.15, -0.1) is 0 Å². The molecule has 1 atom stereocenters. The van der Waals surface area contributed by atoms with Crippen LogP contribution in [0.3, 0.4) is 0 Å². The average Bonchev–Trinajstić information content (AvgIpc) is 2.88. The molecule has 0 radical (unpaired) electrons. The van der Waals surface area contributed by atoms with Crippen molar-refractivity contribution in [1.82, 2.24) is 15.6 Å². The second-order valence-electron chi connectivity index (χ2n) is 8.48. The molecule has 3 aromatic carbocycles. The van der Waals surface area contributed by atoms with Crippen LogP contribution in [0.1, 0.15) is 29.3 Å². The van der Waals surface area contributed by atoms with Gasteiger partial charge in [-0.25, -0.2) is 0 Å². The van der Waals surface area contributed by atoms with Gasteiger partial charge in [0.15, 0.2) is 5.66 Å². The molecule has 0 aliphatic heterocycles. The van der Waals surface area contributed by atoms with Crippen LogP contribution in [0.5, 0.6) is 0 Å². The Labute approximate surface area is 213 Å². The molecule has 0 aliphatic carbocycles. The Kier molecular flexibility index (Phi) is 7.61. The van der Waals surface area contributed by atoms with Crippen molar-refractivity contribution in [2.45, 2.75) is 25.4 Å². The first-order valence-corrected chi connectivity index (χ1v) is 11.8. The number of benzene rings is 3. The van der Waals surface area contributed by atoms with Gasteiger partial charge in [0, 0.05) is 23.2 Å². The maximum atomic E-state index is 13.4. The lowest BCUT2D eigenvalue weighted by molar-refractivity contribution is -0.130. The van der Waals surface area contributed by atoms with Gasteiger partial charge < -0.3 is 16.0 Å². The van der Waals surface area contributed by atoms with E-state index < -0.39 is 23.4 Å². The predicted octanol–water partition coefficient (Wildman–Crippen LogP) is 4.72. The number of fused-ring (bicyclic) bond motifs is 1. The predicted molar refractivity (Wildman–Crippen MR) is 141 cm³/mol.